The highest BCUT2D eigenvalue weighted by Crippen LogP contribution is 2.24. The molecule has 2 aromatic rings. The quantitative estimate of drug-likeness (QED) is 0.849. The summed E-state index contributed by atoms with van der Waals surface area (Å²) in [6.07, 6.45) is 2.04. The predicted molar refractivity (Wildman–Crippen MR) is 93.7 cm³/mol. The van der Waals surface area contributed by atoms with Gasteiger partial charge in [-0.15, -0.1) is 0 Å². The van der Waals surface area contributed by atoms with Crippen LogP contribution in [0.15, 0.2) is 24.4 Å². The number of fused-ring (bicyclic) bond motifs is 1. The number of rotatable bonds is 6. The van der Waals surface area contributed by atoms with E-state index in [0.717, 1.165) is 23.9 Å². The third-order valence-electron chi connectivity index (χ3n) is 3.82. The highest BCUT2D eigenvalue weighted by molar-refractivity contribution is 7.88. The summed E-state index contributed by atoms with van der Waals surface area (Å²) < 4.78 is 32.1. The van der Waals surface area contributed by atoms with Gasteiger partial charge in [0.1, 0.15) is 0 Å². The maximum absolute atomic E-state index is 12.0. The van der Waals surface area contributed by atoms with Crippen LogP contribution in [0, 0.1) is 0 Å². The molecule has 1 aromatic heterocycles. The fourth-order valence-corrected chi connectivity index (χ4v) is 3.28. The topological polar surface area (TPSA) is 80.6 Å². The van der Waals surface area contributed by atoms with Gasteiger partial charge in [0.05, 0.1) is 18.4 Å². The molecule has 0 radical (unpaired) electrons. The maximum atomic E-state index is 12.0. The molecule has 1 N–H and O–H groups in total. The Morgan fingerprint density at radius 3 is 2.62 bits per heavy atom. The molecule has 0 saturated heterocycles. The van der Waals surface area contributed by atoms with Crippen LogP contribution in [0.1, 0.15) is 11.1 Å². The number of hydrogen-bond donors (Lipinski definition) is 1. The molecule has 0 aliphatic rings. The Kier molecular flexibility index (Phi) is 5.63. The van der Waals surface area contributed by atoms with Gasteiger partial charge >= 0.3 is 6.09 Å². The van der Waals surface area contributed by atoms with Crippen LogP contribution in [0.25, 0.3) is 10.9 Å². The normalized spacial score (nSPS) is 12.0. The Bertz CT molecular complexity index is 840. The van der Waals surface area contributed by atoms with Crippen molar-refractivity contribution in [2.45, 2.75) is 12.2 Å². The lowest BCUT2D eigenvalue weighted by Crippen LogP contribution is -2.20. The average molecular weight is 353 g/mol. The number of nitrogens with one attached hydrogen (secondary N) is 1. The number of aromatic nitrogens is 1. The number of carbonyl (C=O) groups excluding carboxylic acids is 1. The van der Waals surface area contributed by atoms with Gasteiger partial charge < -0.3 is 9.64 Å². The van der Waals surface area contributed by atoms with Crippen molar-refractivity contribution in [1.29, 1.82) is 0 Å². The Morgan fingerprint density at radius 1 is 1.33 bits per heavy atom. The summed E-state index contributed by atoms with van der Waals surface area (Å²) in [7, 11) is 3.33. The molecule has 0 bridgehead atoms. The number of hydrogen-bond acceptors (Lipinski definition) is 5. The SMILES string of the molecule is CNS(=O)(=O)Cc1ccc2c(c1)c(CCN(C)C)cn2C(=O)OC. The fraction of sp³-hybridized carbons (Fsp3) is 0.438. The lowest BCUT2D eigenvalue weighted by atomic mass is 10.1. The Hall–Kier alpha value is -1.90. The molecule has 0 saturated carbocycles. The number of ether oxygens (including phenoxy) is 1. The zero-order chi connectivity index (χ0) is 17.9. The molecular formula is C16H23N3O4S. The van der Waals surface area contributed by atoms with Gasteiger partial charge in [-0.2, -0.15) is 0 Å². The van der Waals surface area contributed by atoms with E-state index < -0.39 is 16.1 Å². The molecule has 0 unspecified atom stereocenters. The fourth-order valence-electron chi connectivity index (χ4n) is 2.52. The smallest absolute Gasteiger partial charge is 0.418 e. The third kappa shape index (κ3) is 4.14. The van der Waals surface area contributed by atoms with Crippen LogP contribution >= 0.6 is 0 Å². The van der Waals surface area contributed by atoms with Crippen molar-refractivity contribution >= 4 is 27.0 Å². The minimum absolute atomic E-state index is 0.101. The van der Waals surface area contributed by atoms with Crippen LogP contribution in [0.4, 0.5) is 4.79 Å². The van der Waals surface area contributed by atoms with Gasteiger partial charge in [0.15, 0.2) is 0 Å². The Balaban J connectivity index is 2.50. The second kappa shape index (κ2) is 7.33. The van der Waals surface area contributed by atoms with Crippen LogP contribution in [0.5, 0.6) is 0 Å². The largest absolute Gasteiger partial charge is 0.452 e. The molecule has 0 aliphatic carbocycles. The lowest BCUT2D eigenvalue weighted by Gasteiger charge is -2.08. The molecule has 0 amide bonds. The zero-order valence-electron chi connectivity index (χ0n) is 14.4. The van der Waals surface area contributed by atoms with Crippen LogP contribution in [0.3, 0.4) is 0 Å². The molecule has 1 aromatic carbocycles. The van der Waals surface area contributed by atoms with Crippen molar-refractivity contribution in [3.05, 3.63) is 35.5 Å². The number of methoxy groups -OCH3 is 1. The predicted octanol–water partition coefficient (Wildman–Crippen LogP) is 1.41. The van der Waals surface area contributed by atoms with Crippen molar-refractivity contribution < 1.29 is 17.9 Å². The first kappa shape index (κ1) is 18.4. The summed E-state index contributed by atoms with van der Waals surface area (Å²) in [4.78, 5) is 14.0. The highest BCUT2D eigenvalue weighted by Gasteiger charge is 2.16. The number of sulfonamides is 1. The first-order valence-electron chi connectivity index (χ1n) is 7.54. The van der Waals surface area contributed by atoms with Crippen LogP contribution in [-0.4, -0.2) is 58.8 Å². The van der Waals surface area contributed by atoms with Gasteiger partial charge in [-0.3, -0.25) is 4.57 Å². The molecular weight excluding hydrogens is 330 g/mol. The lowest BCUT2D eigenvalue weighted by molar-refractivity contribution is 0.174. The first-order valence-corrected chi connectivity index (χ1v) is 9.19. The molecule has 2 rings (SSSR count). The number of carbonyl (C=O) groups is 1. The second-order valence-electron chi connectivity index (χ2n) is 5.86. The number of benzene rings is 1. The molecule has 24 heavy (non-hydrogen) atoms. The number of nitrogens with zero attached hydrogens (tertiary/aromatic N) is 2. The van der Waals surface area contributed by atoms with E-state index in [1.54, 1.807) is 18.3 Å². The van der Waals surface area contributed by atoms with E-state index in [4.69, 9.17) is 4.74 Å². The third-order valence-corrected chi connectivity index (χ3v) is 5.15. The monoisotopic (exact) mass is 353 g/mol. The number of likely N-dealkylation sites (N-methyl/N-ethyl adjacent to an activating group) is 1. The summed E-state index contributed by atoms with van der Waals surface area (Å²) in [6, 6.07) is 5.30. The van der Waals surface area contributed by atoms with E-state index >= 15 is 0 Å². The minimum atomic E-state index is -3.35. The first-order chi connectivity index (χ1) is 11.3. The molecule has 0 spiro atoms. The Morgan fingerprint density at radius 2 is 2.04 bits per heavy atom. The van der Waals surface area contributed by atoms with Gasteiger partial charge in [0.25, 0.3) is 0 Å². The summed E-state index contributed by atoms with van der Waals surface area (Å²) in [6.45, 7) is 0.819. The standard InChI is InChI=1S/C16H23N3O4S/c1-17-24(21,22)11-12-5-6-15-14(9-12)13(7-8-18(2)3)10-19(15)16(20)23-4/h5-6,9-10,17H,7-8,11H2,1-4H3. The molecule has 1 heterocycles. The van der Waals surface area contributed by atoms with Crippen LogP contribution in [-0.2, 0) is 26.9 Å². The maximum Gasteiger partial charge on any atom is 0.418 e. The van der Waals surface area contributed by atoms with Crippen molar-refractivity contribution in [3.63, 3.8) is 0 Å². The van der Waals surface area contributed by atoms with Crippen LogP contribution in [0.2, 0.25) is 0 Å². The molecule has 7 nitrogen and oxygen atoms in total. The van der Waals surface area contributed by atoms with Gasteiger partial charge in [0.2, 0.25) is 10.0 Å². The van der Waals surface area contributed by atoms with E-state index in [1.807, 2.05) is 20.2 Å². The summed E-state index contributed by atoms with van der Waals surface area (Å²) in [5, 5.41) is 0.867. The molecule has 0 atom stereocenters. The molecule has 0 fully saturated rings. The van der Waals surface area contributed by atoms with Crippen molar-refractivity contribution in [2.24, 2.45) is 0 Å². The van der Waals surface area contributed by atoms with Crippen molar-refractivity contribution in [1.82, 2.24) is 14.2 Å². The van der Waals surface area contributed by atoms with Crippen LogP contribution < -0.4 is 4.72 Å². The van der Waals surface area contributed by atoms with Gasteiger partial charge in [-0.1, -0.05) is 6.07 Å². The van der Waals surface area contributed by atoms with E-state index in [1.165, 1.54) is 18.7 Å². The summed E-state index contributed by atoms with van der Waals surface area (Å²) in [5.41, 5.74) is 2.36. The zero-order valence-corrected chi connectivity index (χ0v) is 15.2. The highest BCUT2D eigenvalue weighted by atomic mass is 32.2. The molecule has 0 aliphatic heterocycles. The van der Waals surface area contributed by atoms with E-state index in [9.17, 15) is 13.2 Å². The van der Waals surface area contributed by atoms with Crippen molar-refractivity contribution in [2.75, 3.05) is 34.8 Å². The Labute approximate surface area is 142 Å². The second-order valence-corrected chi connectivity index (χ2v) is 7.79. The van der Waals surface area contributed by atoms with Gasteiger partial charge in [-0.05, 0) is 50.8 Å². The average Bonchev–Trinajstić information content (AvgIpc) is 2.90. The van der Waals surface area contributed by atoms with Gasteiger partial charge in [-0.25, -0.2) is 17.9 Å². The van der Waals surface area contributed by atoms with E-state index in [2.05, 4.69) is 9.62 Å². The van der Waals surface area contributed by atoms with E-state index in [-0.39, 0.29) is 5.75 Å². The molecule has 8 heteroatoms. The van der Waals surface area contributed by atoms with Gasteiger partial charge in [0, 0.05) is 18.1 Å². The minimum Gasteiger partial charge on any atom is -0.452 e. The van der Waals surface area contributed by atoms with Crippen molar-refractivity contribution in [3.8, 4) is 0 Å². The summed E-state index contributed by atoms with van der Waals surface area (Å²) >= 11 is 0. The van der Waals surface area contributed by atoms with E-state index in [0.29, 0.717) is 11.1 Å². The molecule has 132 valence electrons. The summed E-state index contributed by atoms with van der Waals surface area (Å²) in [5.74, 6) is -0.101.